The van der Waals surface area contributed by atoms with E-state index in [2.05, 4.69) is 51.7 Å². The SMILES string of the molecule is CCN(CC(=O)NN1C(=O)NC(C)(CC)C1=O)C1CCN(C(C)c2ccccc2)C1. The molecule has 2 N–H and O–H groups in total. The molecule has 1 aromatic carbocycles. The quantitative estimate of drug-likeness (QED) is 0.634. The largest absolute Gasteiger partial charge is 0.344 e. The number of likely N-dealkylation sites (tertiary alicyclic amines) is 1. The third-order valence-corrected chi connectivity index (χ3v) is 6.50. The monoisotopic (exact) mass is 415 g/mol. The van der Waals surface area contributed by atoms with Gasteiger partial charge in [-0.3, -0.25) is 24.8 Å². The van der Waals surface area contributed by atoms with Crippen LogP contribution in [0.3, 0.4) is 0 Å². The van der Waals surface area contributed by atoms with Crippen LogP contribution in [0.15, 0.2) is 30.3 Å². The van der Waals surface area contributed by atoms with Gasteiger partial charge in [0.2, 0.25) is 0 Å². The molecule has 0 aromatic heterocycles. The lowest BCUT2D eigenvalue weighted by molar-refractivity contribution is -0.139. The number of nitrogens with one attached hydrogen (secondary N) is 2. The maximum absolute atomic E-state index is 12.6. The van der Waals surface area contributed by atoms with Gasteiger partial charge in [-0.15, -0.1) is 0 Å². The Labute approximate surface area is 178 Å². The smallest absolute Gasteiger partial charge is 0.322 e. The molecular weight excluding hydrogens is 382 g/mol. The molecule has 8 heteroatoms. The molecule has 0 saturated carbocycles. The van der Waals surface area contributed by atoms with Gasteiger partial charge in [0.25, 0.3) is 11.8 Å². The van der Waals surface area contributed by atoms with Gasteiger partial charge >= 0.3 is 6.03 Å². The minimum atomic E-state index is -0.964. The zero-order valence-corrected chi connectivity index (χ0v) is 18.4. The minimum Gasteiger partial charge on any atom is -0.322 e. The predicted molar refractivity (Wildman–Crippen MR) is 114 cm³/mol. The number of nitrogens with zero attached hydrogens (tertiary/aromatic N) is 3. The molecule has 0 aliphatic carbocycles. The number of carbonyl (C=O) groups excluding carboxylic acids is 3. The maximum atomic E-state index is 12.6. The molecule has 3 atom stereocenters. The van der Waals surface area contributed by atoms with Crippen molar-refractivity contribution in [1.29, 1.82) is 0 Å². The van der Waals surface area contributed by atoms with Crippen LogP contribution in [0.2, 0.25) is 0 Å². The van der Waals surface area contributed by atoms with Crippen molar-refractivity contribution in [2.45, 2.75) is 58.2 Å². The highest BCUT2D eigenvalue weighted by Gasteiger charge is 2.47. The van der Waals surface area contributed by atoms with E-state index >= 15 is 0 Å². The van der Waals surface area contributed by atoms with Crippen LogP contribution in [-0.2, 0) is 9.59 Å². The van der Waals surface area contributed by atoms with Crippen LogP contribution in [0, 0.1) is 0 Å². The van der Waals surface area contributed by atoms with Gasteiger partial charge in [0.1, 0.15) is 5.54 Å². The molecule has 3 rings (SSSR count). The first-order chi connectivity index (χ1) is 14.3. The Kier molecular flexibility index (Phi) is 6.77. The lowest BCUT2D eigenvalue weighted by atomic mass is 10.00. The topological polar surface area (TPSA) is 85.0 Å². The van der Waals surface area contributed by atoms with Crippen molar-refractivity contribution < 1.29 is 14.4 Å². The molecule has 1 aromatic rings. The lowest BCUT2D eigenvalue weighted by Gasteiger charge is -2.29. The Morgan fingerprint density at radius 1 is 1.30 bits per heavy atom. The first-order valence-corrected chi connectivity index (χ1v) is 10.8. The zero-order valence-electron chi connectivity index (χ0n) is 18.4. The standard InChI is InChI=1S/C22H33N5O3/c1-5-22(4)20(29)27(21(30)23-22)24-19(28)15-25(6-2)18-12-13-26(14-18)16(3)17-10-8-7-9-11-17/h7-11,16,18H,5-6,12-15H2,1-4H3,(H,23,30)(H,24,28). The Hall–Kier alpha value is -2.45. The van der Waals surface area contributed by atoms with Crippen molar-refractivity contribution in [1.82, 2.24) is 25.6 Å². The first-order valence-electron chi connectivity index (χ1n) is 10.8. The highest BCUT2D eigenvalue weighted by Crippen LogP contribution is 2.26. The van der Waals surface area contributed by atoms with E-state index in [0.717, 1.165) is 31.1 Å². The molecule has 2 heterocycles. The number of hydrogen-bond donors (Lipinski definition) is 2. The summed E-state index contributed by atoms with van der Waals surface area (Å²) >= 11 is 0. The summed E-state index contributed by atoms with van der Waals surface area (Å²) in [6, 6.07) is 10.4. The number of rotatable bonds is 8. The second-order valence-electron chi connectivity index (χ2n) is 8.38. The molecule has 3 unspecified atom stereocenters. The maximum Gasteiger partial charge on any atom is 0.344 e. The number of benzene rings is 1. The highest BCUT2D eigenvalue weighted by molar-refractivity contribution is 6.07. The van der Waals surface area contributed by atoms with E-state index in [4.69, 9.17) is 0 Å². The molecular formula is C22H33N5O3. The second kappa shape index (κ2) is 9.14. The second-order valence-corrected chi connectivity index (χ2v) is 8.38. The summed E-state index contributed by atoms with van der Waals surface area (Å²) in [6.45, 7) is 10.5. The molecule has 2 fully saturated rings. The fourth-order valence-corrected chi connectivity index (χ4v) is 4.23. The Morgan fingerprint density at radius 2 is 2.00 bits per heavy atom. The highest BCUT2D eigenvalue weighted by atomic mass is 16.2. The van der Waals surface area contributed by atoms with Crippen molar-refractivity contribution in [3.8, 4) is 0 Å². The number of imide groups is 1. The summed E-state index contributed by atoms with van der Waals surface area (Å²) in [4.78, 5) is 41.8. The number of likely N-dealkylation sites (N-methyl/N-ethyl adjacent to an activating group) is 1. The average molecular weight is 416 g/mol. The normalized spacial score (nSPS) is 25.6. The fourth-order valence-electron chi connectivity index (χ4n) is 4.23. The predicted octanol–water partition coefficient (Wildman–Crippen LogP) is 1.90. The molecule has 30 heavy (non-hydrogen) atoms. The lowest BCUT2D eigenvalue weighted by Crippen LogP contribution is -2.52. The van der Waals surface area contributed by atoms with E-state index in [1.165, 1.54) is 5.56 Å². The van der Waals surface area contributed by atoms with E-state index in [0.29, 0.717) is 12.5 Å². The zero-order chi connectivity index (χ0) is 21.9. The summed E-state index contributed by atoms with van der Waals surface area (Å²) in [5.74, 6) is -0.773. The average Bonchev–Trinajstić information content (AvgIpc) is 3.32. The Morgan fingerprint density at radius 3 is 2.60 bits per heavy atom. The van der Waals surface area contributed by atoms with E-state index in [1.54, 1.807) is 6.92 Å². The molecule has 4 amide bonds. The van der Waals surface area contributed by atoms with Crippen LogP contribution >= 0.6 is 0 Å². The number of hydrogen-bond acceptors (Lipinski definition) is 5. The number of carbonyl (C=O) groups is 3. The molecule has 0 radical (unpaired) electrons. The summed E-state index contributed by atoms with van der Waals surface area (Å²) in [6.07, 6.45) is 1.44. The van der Waals surface area contributed by atoms with E-state index < -0.39 is 17.5 Å². The Balaban J connectivity index is 1.56. The van der Waals surface area contributed by atoms with E-state index in [1.807, 2.05) is 19.9 Å². The molecule has 164 valence electrons. The van der Waals surface area contributed by atoms with Crippen LogP contribution < -0.4 is 10.7 Å². The third-order valence-electron chi connectivity index (χ3n) is 6.50. The first kappa shape index (κ1) is 22.2. The van der Waals surface area contributed by atoms with Crippen LogP contribution in [-0.4, -0.2) is 70.4 Å². The number of urea groups is 1. The Bertz CT molecular complexity index is 786. The van der Waals surface area contributed by atoms with Crippen molar-refractivity contribution in [2.24, 2.45) is 0 Å². The van der Waals surface area contributed by atoms with Gasteiger partial charge in [0.15, 0.2) is 0 Å². The van der Waals surface area contributed by atoms with Gasteiger partial charge in [-0.1, -0.05) is 44.2 Å². The van der Waals surface area contributed by atoms with E-state index in [-0.39, 0.29) is 18.5 Å². The van der Waals surface area contributed by atoms with Crippen molar-refractivity contribution in [3.05, 3.63) is 35.9 Å². The van der Waals surface area contributed by atoms with Gasteiger partial charge < -0.3 is 5.32 Å². The van der Waals surface area contributed by atoms with Gasteiger partial charge in [-0.05, 0) is 38.8 Å². The van der Waals surface area contributed by atoms with E-state index in [9.17, 15) is 14.4 Å². The van der Waals surface area contributed by atoms with Gasteiger partial charge in [0.05, 0.1) is 6.54 Å². The number of amides is 4. The third kappa shape index (κ3) is 4.49. The fraction of sp³-hybridized carbons (Fsp3) is 0.591. The molecule has 2 saturated heterocycles. The summed E-state index contributed by atoms with van der Waals surface area (Å²) < 4.78 is 0. The van der Waals surface area contributed by atoms with Gasteiger partial charge in [-0.2, -0.15) is 5.01 Å². The van der Waals surface area contributed by atoms with Crippen LogP contribution in [0.5, 0.6) is 0 Å². The number of hydrazine groups is 1. The molecule has 8 nitrogen and oxygen atoms in total. The molecule has 2 aliphatic heterocycles. The summed E-state index contributed by atoms with van der Waals surface area (Å²) in [5.41, 5.74) is 2.82. The minimum absolute atomic E-state index is 0.147. The van der Waals surface area contributed by atoms with Gasteiger partial charge in [0, 0.05) is 25.2 Å². The van der Waals surface area contributed by atoms with Gasteiger partial charge in [-0.25, -0.2) is 4.79 Å². The molecule has 2 aliphatic rings. The summed E-state index contributed by atoms with van der Waals surface area (Å²) in [5, 5.41) is 3.46. The van der Waals surface area contributed by atoms with Crippen LogP contribution in [0.25, 0.3) is 0 Å². The summed E-state index contributed by atoms with van der Waals surface area (Å²) in [7, 11) is 0. The van der Waals surface area contributed by atoms with Crippen molar-refractivity contribution >= 4 is 17.8 Å². The molecule has 0 spiro atoms. The van der Waals surface area contributed by atoms with Crippen molar-refractivity contribution in [3.63, 3.8) is 0 Å². The van der Waals surface area contributed by atoms with Crippen LogP contribution in [0.4, 0.5) is 4.79 Å². The molecule has 0 bridgehead atoms. The van der Waals surface area contributed by atoms with Crippen LogP contribution in [0.1, 0.15) is 52.1 Å². The van der Waals surface area contributed by atoms with Crippen molar-refractivity contribution in [2.75, 3.05) is 26.2 Å².